The fourth-order valence-corrected chi connectivity index (χ4v) is 3.13. The van der Waals surface area contributed by atoms with Crippen LogP contribution in [0.1, 0.15) is 12.5 Å². The SMILES string of the molecule is Cc1cccc(N2CCN(c3ncnc(N)c3[N+](=O)[O-])C[C@@H]2C)c1. The lowest BCUT2D eigenvalue weighted by atomic mass is 10.1. The van der Waals surface area contributed by atoms with Gasteiger partial charge in [0.1, 0.15) is 6.33 Å². The van der Waals surface area contributed by atoms with Crippen LogP contribution in [0.25, 0.3) is 0 Å². The lowest BCUT2D eigenvalue weighted by Crippen LogP contribution is -2.52. The number of piperazine rings is 1. The van der Waals surface area contributed by atoms with E-state index in [0.717, 1.165) is 6.54 Å². The lowest BCUT2D eigenvalue weighted by molar-refractivity contribution is -0.383. The van der Waals surface area contributed by atoms with Crippen molar-refractivity contribution in [1.82, 2.24) is 9.97 Å². The van der Waals surface area contributed by atoms with E-state index in [1.165, 1.54) is 17.6 Å². The second-order valence-corrected chi connectivity index (χ2v) is 6.02. The number of rotatable bonds is 3. The Morgan fingerprint density at radius 2 is 2.12 bits per heavy atom. The normalized spacial score (nSPS) is 17.8. The van der Waals surface area contributed by atoms with Crippen LogP contribution in [-0.2, 0) is 0 Å². The van der Waals surface area contributed by atoms with Gasteiger partial charge in [-0.25, -0.2) is 9.97 Å². The lowest BCUT2D eigenvalue weighted by Gasteiger charge is -2.41. The zero-order valence-electron chi connectivity index (χ0n) is 13.7. The number of nitrogen functional groups attached to an aromatic ring is 1. The molecule has 3 rings (SSSR count). The first-order valence-corrected chi connectivity index (χ1v) is 7.80. The predicted octanol–water partition coefficient (Wildman–Crippen LogP) is 1.99. The summed E-state index contributed by atoms with van der Waals surface area (Å²) < 4.78 is 0. The molecule has 2 aromatic rings. The molecule has 1 atom stereocenters. The average molecular weight is 328 g/mol. The van der Waals surface area contributed by atoms with Gasteiger partial charge in [0.05, 0.1) is 4.92 Å². The molecular weight excluding hydrogens is 308 g/mol. The first-order valence-electron chi connectivity index (χ1n) is 7.80. The number of benzene rings is 1. The Morgan fingerprint density at radius 1 is 1.33 bits per heavy atom. The molecule has 1 aromatic heterocycles. The Morgan fingerprint density at radius 3 is 2.79 bits per heavy atom. The summed E-state index contributed by atoms with van der Waals surface area (Å²) >= 11 is 0. The highest BCUT2D eigenvalue weighted by Gasteiger charge is 2.31. The van der Waals surface area contributed by atoms with Gasteiger partial charge in [0, 0.05) is 31.4 Å². The molecule has 0 aliphatic carbocycles. The average Bonchev–Trinajstić information content (AvgIpc) is 2.54. The van der Waals surface area contributed by atoms with Crippen LogP contribution < -0.4 is 15.5 Å². The Kier molecular flexibility index (Phi) is 4.20. The predicted molar refractivity (Wildman–Crippen MR) is 93.3 cm³/mol. The molecule has 0 unspecified atom stereocenters. The van der Waals surface area contributed by atoms with E-state index in [4.69, 9.17) is 5.73 Å². The van der Waals surface area contributed by atoms with Gasteiger partial charge in [-0.3, -0.25) is 10.1 Å². The second-order valence-electron chi connectivity index (χ2n) is 6.02. The number of aryl methyl sites for hydroxylation is 1. The number of hydrogen-bond acceptors (Lipinski definition) is 7. The third kappa shape index (κ3) is 2.94. The van der Waals surface area contributed by atoms with Crippen molar-refractivity contribution < 1.29 is 4.92 Å². The highest BCUT2D eigenvalue weighted by atomic mass is 16.6. The smallest absolute Gasteiger partial charge is 0.353 e. The zero-order valence-corrected chi connectivity index (χ0v) is 13.7. The van der Waals surface area contributed by atoms with Crippen molar-refractivity contribution in [2.75, 3.05) is 35.2 Å². The molecule has 0 spiro atoms. The van der Waals surface area contributed by atoms with Gasteiger partial charge in [-0.2, -0.15) is 0 Å². The fourth-order valence-electron chi connectivity index (χ4n) is 3.13. The molecule has 8 heteroatoms. The summed E-state index contributed by atoms with van der Waals surface area (Å²) in [5.41, 5.74) is 7.83. The van der Waals surface area contributed by atoms with E-state index in [9.17, 15) is 10.1 Å². The molecule has 0 saturated carbocycles. The van der Waals surface area contributed by atoms with Gasteiger partial charge < -0.3 is 15.5 Å². The van der Waals surface area contributed by atoms with Crippen molar-refractivity contribution in [2.24, 2.45) is 0 Å². The molecule has 24 heavy (non-hydrogen) atoms. The zero-order chi connectivity index (χ0) is 17.3. The number of nitro groups is 1. The molecule has 1 aliphatic heterocycles. The van der Waals surface area contributed by atoms with Crippen LogP contribution in [0, 0.1) is 17.0 Å². The van der Waals surface area contributed by atoms with Crippen molar-refractivity contribution in [3.63, 3.8) is 0 Å². The second kappa shape index (κ2) is 6.31. The minimum atomic E-state index is -0.512. The minimum Gasteiger partial charge on any atom is -0.378 e. The number of nitrogens with zero attached hydrogens (tertiary/aromatic N) is 5. The van der Waals surface area contributed by atoms with Crippen molar-refractivity contribution in [2.45, 2.75) is 19.9 Å². The van der Waals surface area contributed by atoms with Crippen molar-refractivity contribution in [3.05, 3.63) is 46.3 Å². The van der Waals surface area contributed by atoms with Crippen molar-refractivity contribution >= 4 is 23.0 Å². The molecule has 1 fully saturated rings. The first-order chi connectivity index (χ1) is 11.5. The maximum atomic E-state index is 11.3. The summed E-state index contributed by atoms with van der Waals surface area (Å²) in [6.45, 7) is 6.19. The van der Waals surface area contributed by atoms with Crippen molar-refractivity contribution in [1.29, 1.82) is 0 Å². The molecule has 2 heterocycles. The monoisotopic (exact) mass is 328 g/mol. The Labute approximate surface area is 140 Å². The molecule has 1 aromatic carbocycles. The van der Waals surface area contributed by atoms with E-state index in [0.29, 0.717) is 18.9 Å². The molecule has 0 radical (unpaired) electrons. The van der Waals surface area contributed by atoms with Crippen LogP contribution in [0.3, 0.4) is 0 Å². The van der Waals surface area contributed by atoms with Crippen LogP contribution in [-0.4, -0.2) is 40.6 Å². The van der Waals surface area contributed by atoms with E-state index in [-0.39, 0.29) is 17.5 Å². The van der Waals surface area contributed by atoms with Gasteiger partial charge in [-0.1, -0.05) is 12.1 Å². The van der Waals surface area contributed by atoms with Gasteiger partial charge in [0.15, 0.2) is 0 Å². The van der Waals surface area contributed by atoms with Gasteiger partial charge in [0.25, 0.3) is 0 Å². The Bertz CT molecular complexity index is 766. The van der Waals surface area contributed by atoms with Crippen molar-refractivity contribution in [3.8, 4) is 0 Å². The quantitative estimate of drug-likeness (QED) is 0.679. The molecular formula is C16H20N6O2. The highest BCUT2D eigenvalue weighted by Crippen LogP contribution is 2.32. The fraction of sp³-hybridized carbons (Fsp3) is 0.375. The van der Waals surface area contributed by atoms with Crippen LogP contribution in [0.4, 0.5) is 23.0 Å². The molecule has 1 saturated heterocycles. The standard InChI is InChI=1S/C16H20N6O2/c1-11-4-3-5-13(8-11)21-7-6-20(9-12(21)2)16-14(22(23)24)15(17)18-10-19-16/h3-5,8,10,12H,6-7,9H2,1-2H3,(H2,17,18,19)/t12-/m0/s1. The van der Waals surface area contributed by atoms with Crippen LogP contribution in [0.15, 0.2) is 30.6 Å². The summed E-state index contributed by atoms with van der Waals surface area (Å²) in [4.78, 5) is 22.8. The van der Waals surface area contributed by atoms with E-state index in [1.54, 1.807) is 0 Å². The molecule has 2 N–H and O–H groups in total. The van der Waals surface area contributed by atoms with Gasteiger partial charge in [-0.15, -0.1) is 0 Å². The molecule has 126 valence electrons. The summed E-state index contributed by atoms with van der Waals surface area (Å²) in [6.07, 6.45) is 1.27. The molecule has 1 aliphatic rings. The number of anilines is 3. The first kappa shape index (κ1) is 16.0. The third-order valence-corrected chi connectivity index (χ3v) is 4.27. The molecule has 8 nitrogen and oxygen atoms in total. The molecule has 0 bridgehead atoms. The van der Waals surface area contributed by atoms with E-state index < -0.39 is 4.92 Å². The van der Waals surface area contributed by atoms with Gasteiger partial charge in [-0.05, 0) is 31.5 Å². The Balaban J connectivity index is 1.84. The maximum absolute atomic E-state index is 11.3. The highest BCUT2D eigenvalue weighted by molar-refractivity contribution is 5.69. The van der Waals surface area contributed by atoms with Gasteiger partial charge in [0.2, 0.25) is 11.6 Å². The number of aromatic nitrogens is 2. The number of nitrogens with two attached hydrogens (primary N) is 1. The Hall–Kier alpha value is -2.90. The third-order valence-electron chi connectivity index (χ3n) is 4.27. The number of hydrogen-bond donors (Lipinski definition) is 1. The summed E-state index contributed by atoms with van der Waals surface area (Å²) in [7, 11) is 0. The summed E-state index contributed by atoms with van der Waals surface area (Å²) in [6, 6.07) is 8.54. The summed E-state index contributed by atoms with van der Waals surface area (Å²) in [5.74, 6) is 0.196. The van der Waals surface area contributed by atoms with Crippen LogP contribution in [0.5, 0.6) is 0 Å². The minimum absolute atomic E-state index is 0.0984. The largest absolute Gasteiger partial charge is 0.378 e. The van der Waals surface area contributed by atoms with E-state index in [2.05, 4.69) is 46.9 Å². The van der Waals surface area contributed by atoms with E-state index in [1.807, 2.05) is 11.0 Å². The summed E-state index contributed by atoms with van der Waals surface area (Å²) in [5, 5.41) is 11.3. The van der Waals surface area contributed by atoms with Crippen LogP contribution >= 0.6 is 0 Å². The molecule has 0 amide bonds. The van der Waals surface area contributed by atoms with E-state index >= 15 is 0 Å². The maximum Gasteiger partial charge on any atom is 0.353 e. The van der Waals surface area contributed by atoms with Gasteiger partial charge >= 0.3 is 5.69 Å². The van der Waals surface area contributed by atoms with Crippen LogP contribution in [0.2, 0.25) is 0 Å². The topological polar surface area (TPSA) is 101 Å².